The molecule has 1 aromatic rings. The number of ether oxygens (including phenoxy) is 1. The summed E-state index contributed by atoms with van der Waals surface area (Å²) in [6, 6.07) is 4.76. The lowest BCUT2D eigenvalue weighted by atomic mass is 10.2. The summed E-state index contributed by atoms with van der Waals surface area (Å²) in [7, 11) is 3.38. The fraction of sp³-hybridized carbons (Fsp3) is 0.333. The maximum atomic E-state index is 11.3. The largest absolute Gasteiger partial charge is 0.491 e. The van der Waals surface area contributed by atoms with Gasteiger partial charge >= 0.3 is 0 Å². The number of rotatable bonds is 5. The van der Waals surface area contributed by atoms with Crippen molar-refractivity contribution in [3.8, 4) is 5.75 Å². The number of carbonyl (C=O) groups is 2. The second kappa shape index (κ2) is 6.25. The number of aldehydes is 1. The van der Waals surface area contributed by atoms with Crippen LogP contribution in [0.3, 0.4) is 0 Å². The van der Waals surface area contributed by atoms with Crippen molar-refractivity contribution in [1.82, 2.24) is 4.90 Å². The van der Waals surface area contributed by atoms with Crippen LogP contribution in [0, 0.1) is 0 Å². The molecule has 0 radical (unpaired) electrons. The molecule has 0 N–H and O–H groups in total. The SMILES string of the molecule is CN(C)C(=O)CCOc1ccc(C=O)cc1Cl. The van der Waals surface area contributed by atoms with Gasteiger partial charge in [0.15, 0.2) is 0 Å². The number of nitrogens with zero attached hydrogens (tertiary/aromatic N) is 1. The van der Waals surface area contributed by atoms with E-state index in [9.17, 15) is 9.59 Å². The van der Waals surface area contributed by atoms with Gasteiger partial charge in [-0.1, -0.05) is 11.6 Å². The van der Waals surface area contributed by atoms with Crippen LogP contribution in [0.5, 0.6) is 5.75 Å². The van der Waals surface area contributed by atoms with E-state index in [0.29, 0.717) is 29.0 Å². The number of hydrogen-bond donors (Lipinski definition) is 0. The van der Waals surface area contributed by atoms with Crippen molar-refractivity contribution in [2.24, 2.45) is 0 Å². The normalized spacial score (nSPS) is 9.82. The third-order valence-electron chi connectivity index (χ3n) is 2.16. The van der Waals surface area contributed by atoms with Crippen molar-refractivity contribution in [3.05, 3.63) is 28.8 Å². The second-order valence-electron chi connectivity index (χ2n) is 3.69. The van der Waals surface area contributed by atoms with Gasteiger partial charge in [-0.05, 0) is 18.2 Å². The Morgan fingerprint density at radius 2 is 2.18 bits per heavy atom. The van der Waals surface area contributed by atoms with Gasteiger partial charge < -0.3 is 9.64 Å². The first-order valence-electron chi connectivity index (χ1n) is 5.12. The highest BCUT2D eigenvalue weighted by atomic mass is 35.5. The zero-order valence-electron chi connectivity index (χ0n) is 9.77. The quantitative estimate of drug-likeness (QED) is 0.756. The molecule has 0 heterocycles. The van der Waals surface area contributed by atoms with Crippen molar-refractivity contribution >= 4 is 23.8 Å². The van der Waals surface area contributed by atoms with Crippen LogP contribution in [0.4, 0.5) is 0 Å². The van der Waals surface area contributed by atoms with E-state index in [1.54, 1.807) is 26.2 Å². The lowest BCUT2D eigenvalue weighted by molar-refractivity contribution is -0.129. The smallest absolute Gasteiger partial charge is 0.225 e. The molecular weight excluding hydrogens is 242 g/mol. The Bertz CT molecular complexity index is 418. The van der Waals surface area contributed by atoms with Crippen LogP contribution in [0.2, 0.25) is 5.02 Å². The molecule has 0 bridgehead atoms. The topological polar surface area (TPSA) is 46.6 Å². The van der Waals surface area contributed by atoms with E-state index in [4.69, 9.17) is 16.3 Å². The summed E-state index contributed by atoms with van der Waals surface area (Å²) in [5.41, 5.74) is 0.492. The van der Waals surface area contributed by atoms with Gasteiger partial charge in [0, 0.05) is 19.7 Å². The fourth-order valence-electron chi connectivity index (χ4n) is 1.18. The summed E-state index contributed by atoms with van der Waals surface area (Å²) in [6.07, 6.45) is 1.00. The van der Waals surface area contributed by atoms with E-state index < -0.39 is 0 Å². The van der Waals surface area contributed by atoms with Crippen molar-refractivity contribution in [3.63, 3.8) is 0 Å². The molecule has 0 saturated carbocycles. The first kappa shape index (κ1) is 13.5. The Balaban J connectivity index is 2.52. The molecule has 0 fully saturated rings. The van der Waals surface area contributed by atoms with E-state index >= 15 is 0 Å². The molecule has 4 nitrogen and oxygen atoms in total. The van der Waals surface area contributed by atoms with Crippen LogP contribution in [-0.2, 0) is 4.79 Å². The van der Waals surface area contributed by atoms with E-state index in [2.05, 4.69) is 0 Å². The molecule has 1 rings (SSSR count). The van der Waals surface area contributed by atoms with E-state index in [1.807, 2.05) is 0 Å². The Hall–Kier alpha value is -1.55. The molecule has 0 aliphatic carbocycles. The van der Waals surface area contributed by atoms with Crippen LogP contribution in [0.15, 0.2) is 18.2 Å². The molecule has 1 amide bonds. The first-order valence-corrected chi connectivity index (χ1v) is 5.50. The highest BCUT2D eigenvalue weighted by Crippen LogP contribution is 2.24. The third kappa shape index (κ3) is 4.07. The fourth-order valence-corrected chi connectivity index (χ4v) is 1.42. The minimum absolute atomic E-state index is 0.00867. The second-order valence-corrected chi connectivity index (χ2v) is 4.10. The van der Waals surface area contributed by atoms with Gasteiger partial charge in [0.25, 0.3) is 0 Å². The standard InChI is InChI=1S/C12H14ClNO3/c1-14(2)12(16)5-6-17-11-4-3-9(8-15)7-10(11)13/h3-4,7-8H,5-6H2,1-2H3. The minimum Gasteiger partial charge on any atom is -0.491 e. The minimum atomic E-state index is -0.00867. The predicted molar refractivity (Wildman–Crippen MR) is 65.6 cm³/mol. The van der Waals surface area contributed by atoms with E-state index in [-0.39, 0.29) is 12.5 Å². The zero-order valence-corrected chi connectivity index (χ0v) is 10.5. The zero-order chi connectivity index (χ0) is 12.8. The van der Waals surface area contributed by atoms with Gasteiger partial charge in [0.05, 0.1) is 18.1 Å². The molecule has 0 saturated heterocycles. The maximum absolute atomic E-state index is 11.3. The van der Waals surface area contributed by atoms with Gasteiger partial charge in [-0.2, -0.15) is 0 Å². The van der Waals surface area contributed by atoms with Gasteiger partial charge in [0.1, 0.15) is 12.0 Å². The summed E-state index contributed by atoms with van der Waals surface area (Å²) in [4.78, 5) is 23.3. The number of hydrogen-bond acceptors (Lipinski definition) is 3. The summed E-state index contributed by atoms with van der Waals surface area (Å²) < 4.78 is 5.36. The van der Waals surface area contributed by atoms with Crippen LogP contribution < -0.4 is 4.74 Å². The van der Waals surface area contributed by atoms with Crippen LogP contribution in [-0.4, -0.2) is 37.8 Å². The molecular formula is C12H14ClNO3. The molecule has 17 heavy (non-hydrogen) atoms. The summed E-state index contributed by atoms with van der Waals surface area (Å²) in [5, 5.41) is 0.368. The number of carbonyl (C=O) groups excluding carboxylic acids is 2. The summed E-state index contributed by atoms with van der Waals surface area (Å²) in [6.45, 7) is 0.261. The molecule has 0 aliphatic rings. The Kier molecular flexibility index (Phi) is 4.97. The molecule has 5 heteroatoms. The molecule has 0 unspecified atom stereocenters. The molecule has 0 atom stereocenters. The van der Waals surface area contributed by atoms with Crippen molar-refractivity contribution in [1.29, 1.82) is 0 Å². The maximum Gasteiger partial charge on any atom is 0.225 e. The van der Waals surface area contributed by atoms with Gasteiger partial charge in [-0.3, -0.25) is 9.59 Å². The number of benzene rings is 1. The first-order chi connectivity index (χ1) is 8.04. The van der Waals surface area contributed by atoms with Crippen LogP contribution >= 0.6 is 11.6 Å². The summed E-state index contributed by atoms with van der Waals surface area (Å²) in [5.74, 6) is 0.467. The van der Waals surface area contributed by atoms with Crippen molar-refractivity contribution < 1.29 is 14.3 Å². The molecule has 92 valence electrons. The average molecular weight is 256 g/mol. The van der Waals surface area contributed by atoms with Crippen molar-refractivity contribution in [2.45, 2.75) is 6.42 Å². The van der Waals surface area contributed by atoms with E-state index in [1.165, 1.54) is 11.0 Å². The van der Waals surface area contributed by atoms with Crippen LogP contribution in [0.25, 0.3) is 0 Å². The van der Waals surface area contributed by atoms with Gasteiger partial charge in [-0.15, -0.1) is 0 Å². The summed E-state index contributed by atoms with van der Waals surface area (Å²) >= 11 is 5.91. The Morgan fingerprint density at radius 1 is 1.47 bits per heavy atom. The van der Waals surface area contributed by atoms with Crippen LogP contribution in [0.1, 0.15) is 16.8 Å². The lowest BCUT2D eigenvalue weighted by Crippen LogP contribution is -2.23. The van der Waals surface area contributed by atoms with Gasteiger partial charge in [0.2, 0.25) is 5.91 Å². The number of halogens is 1. The van der Waals surface area contributed by atoms with Crippen molar-refractivity contribution in [2.75, 3.05) is 20.7 Å². The average Bonchev–Trinajstić information content (AvgIpc) is 2.30. The molecule has 0 aliphatic heterocycles. The van der Waals surface area contributed by atoms with E-state index in [0.717, 1.165) is 0 Å². The highest BCUT2D eigenvalue weighted by molar-refractivity contribution is 6.32. The third-order valence-corrected chi connectivity index (χ3v) is 2.46. The molecule has 0 spiro atoms. The monoisotopic (exact) mass is 255 g/mol. The molecule has 0 aromatic heterocycles. The predicted octanol–water partition coefficient (Wildman–Crippen LogP) is 2.01. The number of amides is 1. The lowest BCUT2D eigenvalue weighted by Gasteiger charge is -2.11. The van der Waals surface area contributed by atoms with Gasteiger partial charge in [-0.25, -0.2) is 0 Å². The molecule has 1 aromatic carbocycles. The highest BCUT2D eigenvalue weighted by Gasteiger charge is 2.06. The Morgan fingerprint density at radius 3 is 2.71 bits per heavy atom. The Labute approximate surface area is 105 Å².